The molecule has 0 radical (unpaired) electrons. The summed E-state index contributed by atoms with van der Waals surface area (Å²) in [5.74, 6) is -0.812. The number of carbonyl (C=O) groups is 2. The Morgan fingerprint density at radius 3 is 2.03 bits per heavy atom. The smallest absolute Gasteiger partial charge is 0.310 e. The normalized spacial score (nSPS) is 10.4. The lowest BCUT2D eigenvalue weighted by molar-refractivity contribution is -0.146. The average Bonchev–Trinajstić information content (AvgIpc) is 2.86. The molecule has 164 valence electrons. The van der Waals surface area contributed by atoms with Gasteiger partial charge in [0.25, 0.3) is 5.91 Å². The quantitative estimate of drug-likeness (QED) is 0.321. The Kier molecular flexibility index (Phi) is 7.56. The van der Waals surface area contributed by atoms with E-state index >= 15 is 0 Å². The van der Waals surface area contributed by atoms with Gasteiger partial charge in [0.15, 0.2) is 6.61 Å². The SMILES string of the molecule is O=C(COC(=O)Cc1ccc(-c2ccccc2)cc1)Nc1ccccc1Sc1ccccc1. The van der Waals surface area contributed by atoms with Gasteiger partial charge < -0.3 is 10.1 Å². The largest absolute Gasteiger partial charge is 0.455 e. The summed E-state index contributed by atoms with van der Waals surface area (Å²) in [4.78, 5) is 26.6. The lowest BCUT2D eigenvalue weighted by Gasteiger charge is -2.11. The number of para-hydroxylation sites is 1. The molecule has 0 heterocycles. The van der Waals surface area contributed by atoms with Crippen LogP contribution in [0.25, 0.3) is 11.1 Å². The first-order chi connectivity index (χ1) is 16.2. The van der Waals surface area contributed by atoms with Gasteiger partial charge in [0, 0.05) is 9.79 Å². The Bertz CT molecular complexity index is 1210. The number of anilines is 1. The van der Waals surface area contributed by atoms with Crippen LogP contribution in [-0.2, 0) is 20.7 Å². The second-order valence-electron chi connectivity index (χ2n) is 7.36. The molecule has 0 saturated heterocycles. The zero-order valence-electron chi connectivity index (χ0n) is 17.9. The van der Waals surface area contributed by atoms with Crippen molar-refractivity contribution < 1.29 is 14.3 Å². The van der Waals surface area contributed by atoms with Gasteiger partial charge in [0.05, 0.1) is 12.1 Å². The number of hydrogen-bond donors (Lipinski definition) is 1. The summed E-state index contributed by atoms with van der Waals surface area (Å²) in [6, 6.07) is 35.3. The summed E-state index contributed by atoms with van der Waals surface area (Å²) >= 11 is 1.56. The molecule has 0 spiro atoms. The highest BCUT2D eigenvalue weighted by atomic mass is 32.2. The Balaban J connectivity index is 1.28. The Labute approximate surface area is 197 Å². The summed E-state index contributed by atoms with van der Waals surface area (Å²) in [5, 5.41) is 2.84. The third kappa shape index (κ3) is 6.57. The van der Waals surface area contributed by atoms with Crippen molar-refractivity contribution in [2.24, 2.45) is 0 Å². The van der Waals surface area contributed by atoms with E-state index in [0.29, 0.717) is 5.69 Å². The molecule has 0 atom stereocenters. The Morgan fingerprint density at radius 1 is 0.697 bits per heavy atom. The van der Waals surface area contributed by atoms with Crippen LogP contribution in [0.4, 0.5) is 5.69 Å². The monoisotopic (exact) mass is 453 g/mol. The van der Waals surface area contributed by atoms with E-state index < -0.39 is 5.97 Å². The Morgan fingerprint density at radius 2 is 1.30 bits per heavy atom. The summed E-state index contributed by atoms with van der Waals surface area (Å²) in [6.45, 7) is -0.328. The summed E-state index contributed by atoms with van der Waals surface area (Å²) in [5.41, 5.74) is 3.72. The van der Waals surface area contributed by atoms with E-state index in [2.05, 4.69) is 5.32 Å². The minimum Gasteiger partial charge on any atom is -0.455 e. The maximum atomic E-state index is 12.4. The molecule has 0 saturated carbocycles. The van der Waals surface area contributed by atoms with Gasteiger partial charge in [-0.1, -0.05) is 96.7 Å². The van der Waals surface area contributed by atoms with Gasteiger partial charge in [-0.05, 0) is 41.0 Å². The van der Waals surface area contributed by atoms with Crippen molar-refractivity contribution in [3.8, 4) is 11.1 Å². The predicted octanol–water partition coefficient (Wildman–Crippen LogP) is 6.23. The van der Waals surface area contributed by atoms with Crippen LogP contribution < -0.4 is 5.32 Å². The summed E-state index contributed by atoms with van der Waals surface area (Å²) in [6.07, 6.45) is 0.114. The number of benzene rings is 4. The number of amides is 1. The van der Waals surface area contributed by atoms with Crippen LogP contribution in [0.15, 0.2) is 119 Å². The van der Waals surface area contributed by atoms with Crippen LogP contribution in [0.3, 0.4) is 0 Å². The molecule has 4 rings (SSSR count). The van der Waals surface area contributed by atoms with Gasteiger partial charge in [0.2, 0.25) is 0 Å². The van der Waals surface area contributed by atoms with Gasteiger partial charge in [-0.2, -0.15) is 0 Å². The van der Waals surface area contributed by atoms with Crippen LogP contribution in [0.2, 0.25) is 0 Å². The van der Waals surface area contributed by atoms with E-state index in [1.807, 2.05) is 109 Å². The maximum Gasteiger partial charge on any atom is 0.310 e. The van der Waals surface area contributed by atoms with Crippen molar-refractivity contribution in [1.82, 2.24) is 0 Å². The van der Waals surface area contributed by atoms with Gasteiger partial charge in [-0.3, -0.25) is 9.59 Å². The molecule has 1 N–H and O–H groups in total. The molecule has 0 bridgehead atoms. The second kappa shape index (κ2) is 11.2. The molecule has 4 aromatic rings. The first kappa shape index (κ1) is 22.4. The van der Waals surface area contributed by atoms with Gasteiger partial charge in [-0.15, -0.1) is 0 Å². The fourth-order valence-electron chi connectivity index (χ4n) is 3.27. The first-order valence-electron chi connectivity index (χ1n) is 10.6. The fraction of sp³-hybridized carbons (Fsp3) is 0.0714. The van der Waals surface area contributed by atoms with E-state index in [4.69, 9.17) is 4.74 Å². The zero-order chi connectivity index (χ0) is 22.9. The van der Waals surface area contributed by atoms with E-state index in [1.54, 1.807) is 11.8 Å². The minimum atomic E-state index is -0.440. The zero-order valence-corrected chi connectivity index (χ0v) is 18.8. The van der Waals surface area contributed by atoms with Gasteiger partial charge >= 0.3 is 5.97 Å². The van der Waals surface area contributed by atoms with Crippen molar-refractivity contribution in [2.75, 3.05) is 11.9 Å². The molecule has 1 amide bonds. The molecular formula is C28H23NO3S. The summed E-state index contributed by atoms with van der Waals surface area (Å²) < 4.78 is 5.20. The van der Waals surface area contributed by atoms with Crippen LogP contribution in [-0.4, -0.2) is 18.5 Å². The number of hydrogen-bond acceptors (Lipinski definition) is 4. The van der Waals surface area contributed by atoms with E-state index in [-0.39, 0.29) is 18.9 Å². The van der Waals surface area contributed by atoms with Crippen LogP contribution in [0.1, 0.15) is 5.56 Å². The maximum absolute atomic E-state index is 12.4. The number of carbonyl (C=O) groups excluding carboxylic acids is 2. The predicted molar refractivity (Wildman–Crippen MR) is 132 cm³/mol. The van der Waals surface area contributed by atoms with Crippen molar-refractivity contribution in [3.63, 3.8) is 0 Å². The molecule has 0 aliphatic heterocycles. The van der Waals surface area contributed by atoms with E-state index in [1.165, 1.54) is 0 Å². The standard InChI is InChI=1S/C28H23NO3S/c30-27(29-25-13-7-8-14-26(25)33-24-11-5-2-6-12-24)20-32-28(31)19-21-15-17-23(18-16-21)22-9-3-1-4-10-22/h1-18H,19-20H2,(H,29,30). The lowest BCUT2D eigenvalue weighted by atomic mass is 10.0. The number of nitrogens with one attached hydrogen (secondary N) is 1. The molecule has 5 heteroatoms. The highest BCUT2D eigenvalue weighted by Gasteiger charge is 2.11. The molecule has 4 aromatic carbocycles. The molecule has 0 aliphatic rings. The minimum absolute atomic E-state index is 0.114. The van der Waals surface area contributed by atoms with Crippen LogP contribution in [0, 0.1) is 0 Å². The highest BCUT2D eigenvalue weighted by molar-refractivity contribution is 7.99. The molecule has 33 heavy (non-hydrogen) atoms. The molecule has 4 nitrogen and oxygen atoms in total. The average molecular weight is 454 g/mol. The molecular weight excluding hydrogens is 430 g/mol. The molecule has 0 unspecified atom stereocenters. The van der Waals surface area contributed by atoms with Gasteiger partial charge in [0.1, 0.15) is 0 Å². The topological polar surface area (TPSA) is 55.4 Å². The number of ether oxygens (including phenoxy) is 1. The van der Waals surface area contributed by atoms with Crippen molar-refractivity contribution >= 4 is 29.3 Å². The van der Waals surface area contributed by atoms with Crippen LogP contribution >= 0.6 is 11.8 Å². The third-order valence-corrected chi connectivity index (χ3v) is 5.99. The fourth-order valence-corrected chi connectivity index (χ4v) is 4.19. The molecule has 0 fully saturated rings. The van der Waals surface area contributed by atoms with E-state index in [0.717, 1.165) is 26.5 Å². The van der Waals surface area contributed by atoms with Crippen molar-refractivity contribution in [2.45, 2.75) is 16.2 Å². The summed E-state index contributed by atoms with van der Waals surface area (Å²) in [7, 11) is 0. The third-order valence-electron chi connectivity index (χ3n) is 4.91. The highest BCUT2D eigenvalue weighted by Crippen LogP contribution is 2.33. The molecule has 0 aliphatic carbocycles. The van der Waals surface area contributed by atoms with Crippen molar-refractivity contribution in [3.05, 3.63) is 115 Å². The Hall–Kier alpha value is -3.83. The second-order valence-corrected chi connectivity index (χ2v) is 8.48. The first-order valence-corrected chi connectivity index (χ1v) is 11.4. The van der Waals surface area contributed by atoms with Crippen molar-refractivity contribution in [1.29, 1.82) is 0 Å². The lowest BCUT2D eigenvalue weighted by Crippen LogP contribution is -2.21. The van der Waals surface area contributed by atoms with Crippen LogP contribution in [0.5, 0.6) is 0 Å². The number of rotatable bonds is 8. The molecule has 0 aromatic heterocycles. The van der Waals surface area contributed by atoms with Gasteiger partial charge in [-0.25, -0.2) is 0 Å². The number of esters is 1. The van der Waals surface area contributed by atoms with E-state index in [9.17, 15) is 9.59 Å².